The number of aryl methyl sites for hydroxylation is 2. The summed E-state index contributed by atoms with van der Waals surface area (Å²) in [7, 11) is 0. The number of carbonyl (C=O) groups is 2. The fourth-order valence-corrected chi connectivity index (χ4v) is 4.43. The van der Waals surface area contributed by atoms with Crippen LogP contribution in [0.3, 0.4) is 0 Å². The summed E-state index contributed by atoms with van der Waals surface area (Å²) in [5, 5.41) is 24.9. The highest BCUT2D eigenvalue weighted by atomic mass is 79.9. The molecule has 1 aliphatic rings. The van der Waals surface area contributed by atoms with E-state index in [0.717, 1.165) is 21.3 Å². The Labute approximate surface area is 192 Å². The molecule has 0 aliphatic carbocycles. The molecule has 1 aromatic heterocycles. The number of anilines is 2. The number of para-hydroxylation sites is 1. The molecule has 0 spiro atoms. The molecular formula is C22H21BrN6O3. The molecule has 0 bridgehead atoms. The molecule has 1 atom stereocenters. The highest BCUT2D eigenvalue weighted by Crippen LogP contribution is 2.39. The Morgan fingerprint density at radius 2 is 1.78 bits per heavy atom. The Morgan fingerprint density at radius 3 is 2.44 bits per heavy atom. The lowest BCUT2D eigenvalue weighted by Gasteiger charge is -2.34. The molecule has 1 amide bonds. The van der Waals surface area contributed by atoms with E-state index in [1.54, 1.807) is 6.92 Å². The lowest BCUT2D eigenvalue weighted by molar-refractivity contribution is -0.133. The molecule has 2 N–H and O–H groups in total. The standard InChI is InChI=1S/C22H21BrN6O3/c1-12-7-6-8-13(2)19(12)24-17(30)11-28-14(3)18(21(31)32)20(29-22(28)25-26-27-29)15-9-4-5-10-16(15)23/h4-10,20H,11H2,1-3H3,(H,24,30)(H,31,32). The monoisotopic (exact) mass is 496 g/mol. The summed E-state index contributed by atoms with van der Waals surface area (Å²) >= 11 is 3.50. The van der Waals surface area contributed by atoms with Crippen LogP contribution >= 0.6 is 15.9 Å². The number of aliphatic carboxylic acids is 1. The first-order chi connectivity index (χ1) is 15.3. The van der Waals surface area contributed by atoms with Crippen molar-refractivity contribution in [2.45, 2.75) is 26.8 Å². The normalized spacial score (nSPS) is 15.5. The average Bonchev–Trinajstić information content (AvgIpc) is 3.22. The number of nitrogens with zero attached hydrogens (tertiary/aromatic N) is 5. The number of carbonyl (C=O) groups excluding carboxylic acids is 1. The number of fused-ring (bicyclic) bond motifs is 1. The molecule has 164 valence electrons. The molecule has 9 nitrogen and oxygen atoms in total. The second kappa shape index (κ2) is 8.54. The number of tetrazole rings is 1. The van der Waals surface area contributed by atoms with E-state index in [9.17, 15) is 14.7 Å². The predicted molar refractivity (Wildman–Crippen MR) is 122 cm³/mol. The van der Waals surface area contributed by atoms with Crippen LogP contribution < -0.4 is 10.2 Å². The van der Waals surface area contributed by atoms with E-state index in [0.29, 0.717) is 17.2 Å². The van der Waals surface area contributed by atoms with Crippen LogP contribution in [-0.4, -0.2) is 43.7 Å². The van der Waals surface area contributed by atoms with Gasteiger partial charge in [-0.05, 0) is 54.0 Å². The zero-order valence-electron chi connectivity index (χ0n) is 17.7. The van der Waals surface area contributed by atoms with E-state index in [-0.39, 0.29) is 18.0 Å². The van der Waals surface area contributed by atoms with Crippen molar-refractivity contribution in [3.8, 4) is 0 Å². The fraction of sp³-hybridized carbons (Fsp3) is 0.227. The molecule has 10 heteroatoms. The maximum absolute atomic E-state index is 12.9. The lowest BCUT2D eigenvalue weighted by atomic mass is 9.95. The van der Waals surface area contributed by atoms with Gasteiger partial charge in [0.25, 0.3) is 5.95 Å². The van der Waals surface area contributed by atoms with Gasteiger partial charge in [-0.1, -0.05) is 57.4 Å². The van der Waals surface area contributed by atoms with Crippen molar-refractivity contribution in [1.29, 1.82) is 0 Å². The van der Waals surface area contributed by atoms with Crippen LogP contribution in [0, 0.1) is 13.8 Å². The van der Waals surface area contributed by atoms with Crippen LogP contribution in [0.2, 0.25) is 0 Å². The second-order valence-electron chi connectivity index (χ2n) is 7.55. The predicted octanol–water partition coefficient (Wildman–Crippen LogP) is 3.46. The Balaban J connectivity index is 1.74. The zero-order valence-corrected chi connectivity index (χ0v) is 19.3. The summed E-state index contributed by atoms with van der Waals surface area (Å²) in [6.45, 7) is 5.36. The first-order valence-electron chi connectivity index (χ1n) is 9.89. The largest absolute Gasteiger partial charge is 0.478 e. The number of hydrogen-bond acceptors (Lipinski definition) is 6. The molecule has 4 rings (SSSR count). The zero-order chi connectivity index (χ0) is 23.0. The Hall–Kier alpha value is -3.53. The van der Waals surface area contributed by atoms with Crippen molar-refractivity contribution < 1.29 is 14.7 Å². The van der Waals surface area contributed by atoms with Gasteiger partial charge >= 0.3 is 5.97 Å². The minimum atomic E-state index is -1.11. The van der Waals surface area contributed by atoms with Gasteiger partial charge in [0.1, 0.15) is 12.6 Å². The van der Waals surface area contributed by atoms with Crippen LogP contribution in [0.15, 0.2) is 58.2 Å². The van der Waals surface area contributed by atoms with E-state index in [1.165, 1.54) is 9.58 Å². The molecule has 0 saturated carbocycles. The Kier molecular flexibility index (Phi) is 5.79. The van der Waals surface area contributed by atoms with Crippen molar-refractivity contribution in [3.05, 3.63) is 74.9 Å². The van der Waals surface area contributed by atoms with Crippen LogP contribution in [0.25, 0.3) is 0 Å². The van der Waals surface area contributed by atoms with Crippen LogP contribution in [0.4, 0.5) is 11.6 Å². The molecule has 1 unspecified atom stereocenters. The third-order valence-corrected chi connectivity index (χ3v) is 6.23. The average molecular weight is 497 g/mol. The van der Waals surface area contributed by atoms with Crippen molar-refractivity contribution in [3.63, 3.8) is 0 Å². The molecule has 0 saturated heterocycles. The molecule has 0 fully saturated rings. The fourth-order valence-electron chi connectivity index (χ4n) is 3.93. The first-order valence-corrected chi connectivity index (χ1v) is 10.7. The second-order valence-corrected chi connectivity index (χ2v) is 8.41. The van der Waals surface area contributed by atoms with E-state index < -0.39 is 12.0 Å². The quantitative estimate of drug-likeness (QED) is 0.555. The smallest absolute Gasteiger partial charge is 0.335 e. The number of amides is 1. The number of hydrogen-bond donors (Lipinski definition) is 2. The van der Waals surface area contributed by atoms with E-state index in [1.807, 2.05) is 56.3 Å². The van der Waals surface area contributed by atoms with Crippen LogP contribution in [0.5, 0.6) is 0 Å². The topological polar surface area (TPSA) is 113 Å². The molecule has 0 radical (unpaired) electrons. The van der Waals surface area contributed by atoms with Gasteiger partial charge < -0.3 is 15.3 Å². The van der Waals surface area contributed by atoms with Gasteiger partial charge in [-0.2, -0.15) is 4.68 Å². The molecule has 2 aromatic carbocycles. The number of nitrogens with one attached hydrogen (secondary N) is 1. The number of allylic oxidation sites excluding steroid dienone is 1. The minimum absolute atomic E-state index is 0.0940. The number of carboxylic acids is 1. The van der Waals surface area contributed by atoms with Gasteiger partial charge in [0, 0.05) is 15.9 Å². The van der Waals surface area contributed by atoms with Crippen molar-refractivity contribution in [2.75, 3.05) is 16.8 Å². The molecular weight excluding hydrogens is 476 g/mol. The SMILES string of the molecule is CC1=C(C(=O)O)C(c2ccccc2Br)n2nnnc2N1CC(=O)Nc1c(C)cccc1C. The van der Waals surface area contributed by atoms with Crippen LogP contribution in [-0.2, 0) is 9.59 Å². The summed E-state index contributed by atoms with van der Waals surface area (Å²) in [6, 6.07) is 12.3. The number of rotatable bonds is 5. The number of aromatic nitrogens is 4. The van der Waals surface area contributed by atoms with E-state index in [2.05, 4.69) is 36.8 Å². The summed E-state index contributed by atoms with van der Waals surface area (Å²) in [5.74, 6) is -1.12. The maximum Gasteiger partial charge on any atom is 0.335 e. The van der Waals surface area contributed by atoms with Gasteiger partial charge in [-0.15, -0.1) is 0 Å². The van der Waals surface area contributed by atoms with Gasteiger partial charge in [0.05, 0.1) is 5.57 Å². The van der Waals surface area contributed by atoms with Crippen molar-refractivity contribution in [1.82, 2.24) is 20.2 Å². The minimum Gasteiger partial charge on any atom is -0.478 e. The third kappa shape index (κ3) is 3.77. The Bertz CT molecular complexity index is 1230. The third-order valence-electron chi connectivity index (χ3n) is 5.51. The van der Waals surface area contributed by atoms with E-state index in [4.69, 9.17) is 0 Å². The number of carboxylic acid groups (broad SMARTS) is 1. The first kappa shape index (κ1) is 21.7. The number of halogens is 1. The van der Waals surface area contributed by atoms with E-state index >= 15 is 0 Å². The van der Waals surface area contributed by atoms with Gasteiger partial charge in [-0.25, -0.2) is 4.79 Å². The summed E-state index contributed by atoms with van der Waals surface area (Å²) in [4.78, 5) is 26.8. The summed E-state index contributed by atoms with van der Waals surface area (Å²) in [5.41, 5.74) is 3.81. The van der Waals surface area contributed by atoms with Crippen LogP contribution in [0.1, 0.15) is 29.7 Å². The molecule has 3 aromatic rings. The van der Waals surface area contributed by atoms with Gasteiger partial charge in [-0.3, -0.25) is 4.79 Å². The van der Waals surface area contributed by atoms with Crippen molar-refractivity contribution >= 4 is 39.4 Å². The molecule has 1 aliphatic heterocycles. The summed E-state index contributed by atoms with van der Waals surface area (Å²) in [6.07, 6.45) is 0. The highest BCUT2D eigenvalue weighted by molar-refractivity contribution is 9.10. The molecule has 2 heterocycles. The van der Waals surface area contributed by atoms with Gasteiger partial charge in [0.2, 0.25) is 5.91 Å². The molecule has 32 heavy (non-hydrogen) atoms. The number of benzene rings is 2. The lowest BCUT2D eigenvalue weighted by Crippen LogP contribution is -2.40. The highest BCUT2D eigenvalue weighted by Gasteiger charge is 2.39. The Morgan fingerprint density at radius 1 is 1.09 bits per heavy atom. The van der Waals surface area contributed by atoms with Gasteiger partial charge in [0.15, 0.2) is 0 Å². The summed E-state index contributed by atoms with van der Waals surface area (Å²) < 4.78 is 2.17. The maximum atomic E-state index is 12.9. The van der Waals surface area contributed by atoms with Crippen molar-refractivity contribution in [2.24, 2.45) is 0 Å².